The summed E-state index contributed by atoms with van der Waals surface area (Å²) in [6, 6.07) is 16.2. The molecule has 2 heterocycles. The Kier molecular flexibility index (Phi) is 6.33. The minimum absolute atomic E-state index is 0.0676. The summed E-state index contributed by atoms with van der Waals surface area (Å²) in [6.45, 7) is 7.98. The van der Waals surface area contributed by atoms with Crippen molar-refractivity contribution in [3.8, 4) is 0 Å². The number of benzene rings is 2. The summed E-state index contributed by atoms with van der Waals surface area (Å²) in [5.74, 6) is 0.925. The molecule has 0 aliphatic carbocycles. The van der Waals surface area contributed by atoms with E-state index in [9.17, 15) is 4.79 Å². The fourth-order valence-electron chi connectivity index (χ4n) is 4.21. The van der Waals surface area contributed by atoms with Gasteiger partial charge in [-0.1, -0.05) is 35.9 Å². The first-order valence-electron chi connectivity index (χ1n) is 11.1. The number of imidazole rings is 1. The second kappa shape index (κ2) is 9.02. The second-order valence-electron chi connectivity index (χ2n) is 9.45. The van der Waals surface area contributed by atoms with Gasteiger partial charge in [-0.2, -0.15) is 0 Å². The van der Waals surface area contributed by atoms with Crippen LogP contribution in [0.5, 0.6) is 0 Å². The molecule has 0 spiro atoms. The highest BCUT2D eigenvalue weighted by Gasteiger charge is 2.31. The highest BCUT2D eigenvalue weighted by atomic mass is 35.5. The third kappa shape index (κ3) is 5.01. The minimum atomic E-state index is -0.509. The molecule has 7 heteroatoms. The zero-order valence-corrected chi connectivity index (χ0v) is 20.0. The van der Waals surface area contributed by atoms with Gasteiger partial charge in [0.1, 0.15) is 5.60 Å². The number of nitrogens with zero attached hydrogens (tertiary/aromatic N) is 4. The number of carbonyl (C=O) groups is 1. The lowest BCUT2D eigenvalue weighted by Gasteiger charge is -2.38. The summed E-state index contributed by atoms with van der Waals surface area (Å²) < 4.78 is 7.84. The van der Waals surface area contributed by atoms with Crippen molar-refractivity contribution in [2.75, 3.05) is 25.0 Å². The van der Waals surface area contributed by atoms with Crippen LogP contribution >= 0.6 is 11.6 Å². The molecule has 0 N–H and O–H groups in total. The Balaban J connectivity index is 1.62. The van der Waals surface area contributed by atoms with Crippen molar-refractivity contribution in [1.82, 2.24) is 14.5 Å². The number of anilines is 1. The monoisotopic (exact) mass is 454 g/mol. The summed E-state index contributed by atoms with van der Waals surface area (Å²) in [7, 11) is 1.83. The fraction of sp³-hybridized carbons (Fsp3) is 0.440. The van der Waals surface area contributed by atoms with E-state index in [-0.39, 0.29) is 12.1 Å². The minimum Gasteiger partial charge on any atom is -0.444 e. The molecular weight excluding hydrogens is 424 g/mol. The van der Waals surface area contributed by atoms with Gasteiger partial charge in [0.15, 0.2) is 0 Å². The van der Waals surface area contributed by atoms with Gasteiger partial charge in [-0.05, 0) is 63.4 Å². The van der Waals surface area contributed by atoms with Gasteiger partial charge in [0.2, 0.25) is 5.95 Å². The van der Waals surface area contributed by atoms with Crippen LogP contribution in [0.4, 0.5) is 10.7 Å². The molecular formula is C25H31ClN4O2. The van der Waals surface area contributed by atoms with Crippen LogP contribution in [0.15, 0.2) is 48.5 Å². The first-order valence-corrected chi connectivity index (χ1v) is 11.5. The average molecular weight is 455 g/mol. The van der Waals surface area contributed by atoms with Crippen molar-refractivity contribution in [3.05, 3.63) is 59.1 Å². The fourth-order valence-corrected chi connectivity index (χ4v) is 4.43. The normalized spacial score (nSPS) is 16.9. The number of aromatic nitrogens is 2. The molecule has 170 valence electrons. The van der Waals surface area contributed by atoms with Crippen molar-refractivity contribution in [1.29, 1.82) is 0 Å². The number of para-hydroxylation sites is 2. The van der Waals surface area contributed by atoms with Crippen LogP contribution in [0.25, 0.3) is 11.0 Å². The summed E-state index contributed by atoms with van der Waals surface area (Å²) in [4.78, 5) is 21.6. The molecule has 1 aliphatic heterocycles. The number of hydrogen-bond donors (Lipinski definition) is 0. The zero-order chi connectivity index (χ0) is 22.9. The van der Waals surface area contributed by atoms with E-state index in [4.69, 9.17) is 21.3 Å². The molecule has 0 radical (unpaired) electrons. The lowest BCUT2D eigenvalue weighted by Crippen LogP contribution is -2.50. The number of amides is 1. The van der Waals surface area contributed by atoms with E-state index in [1.54, 1.807) is 4.90 Å². The van der Waals surface area contributed by atoms with Gasteiger partial charge < -0.3 is 19.1 Å². The number of likely N-dealkylation sites (N-methyl/N-ethyl adjacent to an activating group) is 1. The molecule has 0 saturated carbocycles. The first kappa shape index (κ1) is 22.5. The van der Waals surface area contributed by atoms with E-state index < -0.39 is 5.60 Å². The van der Waals surface area contributed by atoms with Gasteiger partial charge in [-0.25, -0.2) is 9.78 Å². The number of carbonyl (C=O) groups excluding carboxylic acids is 1. The van der Waals surface area contributed by atoms with Crippen LogP contribution in [-0.4, -0.2) is 52.3 Å². The maximum Gasteiger partial charge on any atom is 0.410 e. The number of piperidine rings is 1. The molecule has 1 aliphatic rings. The van der Waals surface area contributed by atoms with Crippen LogP contribution in [0.1, 0.15) is 39.2 Å². The Hall–Kier alpha value is -2.73. The quantitative estimate of drug-likeness (QED) is 0.516. The summed E-state index contributed by atoms with van der Waals surface area (Å²) >= 11 is 6.24. The topological polar surface area (TPSA) is 50.6 Å². The summed E-state index contributed by atoms with van der Waals surface area (Å²) in [6.07, 6.45) is 1.65. The van der Waals surface area contributed by atoms with Crippen molar-refractivity contribution < 1.29 is 9.53 Å². The molecule has 1 atom stereocenters. The Bertz CT molecular complexity index is 1100. The zero-order valence-electron chi connectivity index (χ0n) is 19.2. The van der Waals surface area contributed by atoms with Crippen LogP contribution in [0.3, 0.4) is 0 Å². The Morgan fingerprint density at radius 1 is 1.22 bits per heavy atom. The van der Waals surface area contributed by atoms with Gasteiger partial charge in [-0.15, -0.1) is 0 Å². The van der Waals surface area contributed by atoms with Crippen LogP contribution < -0.4 is 4.90 Å². The number of halogens is 1. The molecule has 1 amide bonds. The SMILES string of the molecule is CN(C(=O)OC(C)(C)C)[C@H]1CCCN(c2nc3ccccc3n2Cc2cccc(Cl)c2)C1. The van der Waals surface area contributed by atoms with Crippen molar-refractivity contribution in [2.45, 2.75) is 51.8 Å². The predicted octanol–water partition coefficient (Wildman–Crippen LogP) is 5.57. The van der Waals surface area contributed by atoms with E-state index in [0.29, 0.717) is 13.1 Å². The predicted molar refractivity (Wildman–Crippen MR) is 130 cm³/mol. The Morgan fingerprint density at radius 2 is 2.00 bits per heavy atom. The van der Waals surface area contributed by atoms with Crippen LogP contribution in [0, 0.1) is 0 Å². The lowest BCUT2D eigenvalue weighted by atomic mass is 10.1. The van der Waals surface area contributed by atoms with Crippen LogP contribution in [-0.2, 0) is 11.3 Å². The third-order valence-electron chi connectivity index (χ3n) is 5.77. The maximum absolute atomic E-state index is 12.6. The number of fused-ring (bicyclic) bond motifs is 1. The summed E-state index contributed by atoms with van der Waals surface area (Å²) in [5, 5.41) is 0.727. The van der Waals surface area contributed by atoms with Gasteiger partial charge in [0.25, 0.3) is 0 Å². The van der Waals surface area contributed by atoms with Crippen molar-refractivity contribution in [3.63, 3.8) is 0 Å². The molecule has 0 bridgehead atoms. The van der Waals surface area contributed by atoms with E-state index in [1.807, 2.05) is 64.2 Å². The van der Waals surface area contributed by atoms with Gasteiger partial charge >= 0.3 is 6.09 Å². The van der Waals surface area contributed by atoms with Crippen molar-refractivity contribution in [2.24, 2.45) is 0 Å². The van der Waals surface area contributed by atoms with Gasteiger partial charge in [0, 0.05) is 25.2 Å². The van der Waals surface area contributed by atoms with E-state index >= 15 is 0 Å². The Morgan fingerprint density at radius 3 is 2.75 bits per heavy atom. The number of rotatable bonds is 4. The largest absolute Gasteiger partial charge is 0.444 e. The molecule has 1 saturated heterocycles. The van der Waals surface area contributed by atoms with Crippen LogP contribution in [0.2, 0.25) is 5.02 Å². The first-order chi connectivity index (χ1) is 15.2. The number of hydrogen-bond acceptors (Lipinski definition) is 4. The van der Waals surface area contributed by atoms with E-state index in [1.165, 1.54) is 0 Å². The molecule has 1 aromatic heterocycles. The van der Waals surface area contributed by atoms with Crippen molar-refractivity contribution >= 4 is 34.7 Å². The van der Waals surface area contributed by atoms with Gasteiger partial charge in [0.05, 0.1) is 23.6 Å². The standard InChI is InChI=1S/C25H31ClN4O2/c1-25(2,3)32-24(31)28(4)20-11-8-14-29(17-20)23-27-21-12-5-6-13-22(21)30(23)16-18-9-7-10-19(26)15-18/h5-7,9-10,12-13,15,20H,8,11,14,16-17H2,1-4H3/t20-/m0/s1. The average Bonchev–Trinajstić information content (AvgIpc) is 3.10. The highest BCUT2D eigenvalue weighted by Crippen LogP contribution is 2.28. The Labute approximate surface area is 194 Å². The second-order valence-corrected chi connectivity index (χ2v) is 9.89. The molecule has 6 nitrogen and oxygen atoms in total. The molecule has 2 aromatic carbocycles. The maximum atomic E-state index is 12.6. The number of ether oxygens (including phenoxy) is 1. The van der Waals surface area contributed by atoms with Gasteiger partial charge in [-0.3, -0.25) is 0 Å². The molecule has 4 rings (SSSR count). The van der Waals surface area contributed by atoms with E-state index in [0.717, 1.165) is 47.0 Å². The summed E-state index contributed by atoms with van der Waals surface area (Å²) in [5.41, 5.74) is 2.67. The van der Waals surface area contributed by atoms with E-state index in [2.05, 4.69) is 21.6 Å². The third-order valence-corrected chi connectivity index (χ3v) is 6.01. The molecule has 32 heavy (non-hydrogen) atoms. The smallest absolute Gasteiger partial charge is 0.410 e. The lowest BCUT2D eigenvalue weighted by molar-refractivity contribution is 0.0209. The highest BCUT2D eigenvalue weighted by molar-refractivity contribution is 6.30. The molecule has 1 fully saturated rings. The molecule has 0 unspecified atom stereocenters. The molecule has 3 aromatic rings.